The Morgan fingerprint density at radius 2 is 1.58 bits per heavy atom. The molecule has 0 aliphatic carbocycles. The van der Waals surface area contributed by atoms with Crippen LogP contribution in [0, 0.1) is 0 Å². The van der Waals surface area contributed by atoms with Crippen molar-refractivity contribution in [3.05, 3.63) is 83.4 Å². The maximum atomic E-state index is 12.4. The fourth-order valence-corrected chi connectivity index (χ4v) is 2.10. The van der Waals surface area contributed by atoms with Gasteiger partial charge in [-0.05, 0) is 37.6 Å². The van der Waals surface area contributed by atoms with Crippen LogP contribution in [0.15, 0.2) is 72.3 Å². The van der Waals surface area contributed by atoms with Crippen molar-refractivity contribution < 1.29 is 14.3 Å². The average Bonchev–Trinajstić information content (AvgIpc) is 2.60. The highest BCUT2D eigenvalue weighted by atomic mass is 16.5. The van der Waals surface area contributed by atoms with Gasteiger partial charge in [-0.15, -0.1) is 0 Å². The number of hydrogen-bond donors (Lipinski definition) is 1. The maximum Gasteiger partial charge on any atom is 0.333 e. The Balaban J connectivity index is 2.16. The molecule has 2 aromatic carbocycles. The molecule has 0 saturated heterocycles. The van der Waals surface area contributed by atoms with E-state index in [1.807, 2.05) is 44.2 Å². The van der Waals surface area contributed by atoms with Crippen molar-refractivity contribution in [2.45, 2.75) is 19.9 Å². The van der Waals surface area contributed by atoms with E-state index < -0.39 is 12.0 Å². The predicted octanol–water partition coefficient (Wildman–Crippen LogP) is 3.67. The summed E-state index contributed by atoms with van der Waals surface area (Å²) < 4.78 is 5.28. The molecule has 0 aliphatic heterocycles. The summed E-state index contributed by atoms with van der Waals surface area (Å²) in [7, 11) is 0. The molecule has 0 saturated carbocycles. The Hall–Kier alpha value is -2.88. The third-order valence-corrected chi connectivity index (χ3v) is 3.40. The van der Waals surface area contributed by atoms with Crippen LogP contribution in [0.5, 0.6) is 0 Å². The second-order valence-corrected chi connectivity index (χ2v) is 5.59. The largest absolute Gasteiger partial charge is 0.460 e. The summed E-state index contributed by atoms with van der Waals surface area (Å²) in [5.41, 5.74) is 2.24. The molecule has 1 amide bonds. The van der Waals surface area contributed by atoms with E-state index >= 15 is 0 Å². The quantitative estimate of drug-likeness (QED) is 0.652. The van der Waals surface area contributed by atoms with Gasteiger partial charge in [0.1, 0.15) is 6.61 Å². The minimum absolute atomic E-state index is 0.186. The first kappa shape index (κ1) is 17.5. The standard InChI is InChI=1S/C20H21NO3/c1-15(2)13-14-24-20(23)18(16-9-5-3-6-10-16)21-19(22)17-11-7-4-8-12-17/h3-13,18H,14H2,1-2H3,(H,21,22). The molecule has 0 radical (unpaired) electrons. The smallest absolute Gasteiger partial charge is 0.333 e. The number of amides is 1. The number of benzene rings is 2. The monoisotopic (exact) mass is 323 g/mol. The summed E-state index contributed by atoms with van der Waals surface area (Å²) in [6.45, 7) is 4.05. The number of hydrogen-bond acceptors (Lipinski definition) is 3. The molecule has 0 bridgehead atoms. The molecule has 2 rings (SSSR count). The first-order valence-electron chi connectivity index (χ1n) is 7.79. The normalized spacial score (nSPS) is 11.2. The van der Waals surface area contributed by atoms with Crippen LogP contribution in [0.1, 0.15) is 35.8 Å². The van der Waals surface area contributed by atoms with E-state index in [1.54, 1.807) is 36.4 Å². The highest BCUT2D eigenvalue weighted by molar-refractivity contribution is 5.97. The summed E-state index contributed by atoms with van der Waals surface area (Å²) in [6, 6.07) is 17.0. The fraction of sp³-hybridized carbons (Fsp3) is 0.200. The zero-order valence-corrected chi connectivity index (χ0v) is 13.9. The Morgan fingerprint density at radius 3 is 2.17 bits per heavy atom. The highest BCUT2D eigenvalue weighted by Gasteiger charge is 2.24. The number of ether oxygens (including phenoxy) is 1. The van der Waals surface area contributed by atoms with Gasteiger partial charge in [0, 0.05) is 5.56 Å². The zero-order valence-electron chi connectivity index (χ0n) is 13.9. The molecule has 4 nitrogen and oxygen atoms in total. The van der Waals surface area contributed by atoms with E-state index in [9.17, 15) is 9.59 Å². The molecule has 1 unspecified atom stereocenters. The summed E-state index contributed by atoms with van der Waals surface area (Å²) >= 11 is 0. The first-order valence-corrected chi connectivity index (χ1v) is 7.79. The van der Waals surface area contributed by atoms with Gasteiger partial charge >= 0.3 is 5.97 Å². The van der Waals surface area contributed by atoms with Crippen molar-refractivity contribution >= 4 is 11.9 Å². The Bertz CT molecular complexity index is 704. The second-order valence-electron chi connectivity index (χ2n) is 5.59. The molecule has 4 heteroatoms. The number of allylic oxidation sites excluding steroid dienone is 1. The van der Waals surface area contributed by atoms with Crippen LogP contribution in [-0.2, 0) is 9.53 Å². The molecule has 0 fully saturated rings. The summed E-state index contributed by atoms with van der Waals surface area (Å²) in [5.74, 6) is -0.799. The summed E-state index contributed by atoms with van der Waals surface area (Å²) in [6.07, 6.45) is 1.82. The Kier molecular flexibility index (Phi) is 6.32. The number of esters is 1. The van der Waals surface area contributed by atoms with E-state index in [2.05, 4.69) is 5.32 Å². The lowest BCUT2D eigenvalue weighted by atomic mass is 10.1. The van der Waals surface area contributed by atoms with Crippen molar-refractivity contribution in [1.82, 2.24) is 5.32 Å². The van der Waals surface area contributed by atoms with Crippen LogP contribution in [0.4, 0.5) is 0 Å². The van der Waals surface area contributed by atoms with E-state index in [1.165, 1.54) is 0 Å². The Morgan fingerprint density at radius 1 is 1.00 bits per heavy atom. The average molecular weight is 323 g/mol. The van der Waals surface area contributed by atoms with E-state index in [0.29, 0.717) is 11.1 Å². The molecule has 0 spiro atoms. The van der Waals surface area contributed by atoms with Gasteiger partial charge in [-0.3, -0.25) is 4.79 Å². The van der Waals surface area contributed by atoms with Gasteiger partial charge in [0.05, 0.1) is 0 Å². The van der Waals surface area contributed by atoms with Gasteiger partial charge in [0.15, 0.2) is 6.04 Å². The SMILES string of the molecule is CC(C)=CCOC(=O)C(NC(=O)c1ccccc1)c1ccccc1. The lowest BCUT2D eigenvalue weighted by molar-refractivity contribution is -0.144. The summed E-state index contributed by atoms with van der Waals surface area (Å²) in [4.78, 5) is 24.8. The van der Waals surface area contributed by atoms with Crippen molar-refractivity contribution in [3.63, 3.8) is 0 Å². The molecule has 124 valence electrons. The second kappa shape index (κ2) is 8.67. The van der Waals surface area contributed by atoms with E-state index in [-0.39, 0.29) is 12.5 Å². The zero-order chi connectivity index (χ0) is 17.4. The predicted molar refractivity (Wildman–Crippen MR) is 93.5 cm³/mol. The van der Waals surface area contributed by atoms with Gasteiger partial charge in [0.2, 0.25) is 0 Å². The van der Waals surface area contributed by atoms with Crippen LogP contribution in [0.2, 0.25) is 0 Å². The van der Waals surface area contributed by atoms with Crippen molar-refractivity contribution in [1.29, 1.82) is 0 Å². The van der Waals surface area contributed by atoms with Gasteiger partial charge in [-0.1, -0.05) is 54.1 Å². The summed E-state index contributed by atoms with van der Waals surface area (Å²) in [5, 5.41) is 2.75. The van der Waals surface area contributed by atoms with Crippen molar-refractivity contribution in [2.24, 2.45) is 0 Å². The van der Waals surface area contributed by atoms with Gasteiger partial charge < -0.3 is 10.1 Å². The number of carbonyl (C=O) groups excluding carboxylic acids is 2. The lowest BCUT2D eigenvalue weighted by Gasteiger charge is -2.18. The molecular formula is C20H21NO3. The van der Waals surface area contributed by atoms with E-state index in [4.69, 9.17) is 4.74 Å². The number of carbonyl (C=O) groups is 2. The van der Waals surface area contributed by atoms with E-state index in [0.717, 1.165) is 5.57 Å². The molecule has 24 heavy (non-hydrogen) atoms. The van der Waals surface area contributed by atoms with Crippen molar-refractivity contribution in [3.8, 4) is 0 Å². The highest BCUT2D eigenvalue weighted by Crippen LogP contribution is 2.15. The van der Waals surface area contributed by atoms with Crippen LogP contribution >= 0.6 is 0 Å². The topological polar surface area (TPSA) is 55.4 Å². The molecule has 1 N–H and O–H groups in total. The van der Waals surface area contributed by atoms with Crippen LogP contribution < -0.4 is 5.32 Å². The maximum absolute atomic E-state index is 12.4. The van der Waals surface area contributed by atoms with Crippen LogP contribution in [0.25, 0.3) is 0 Å². The van der Waals surface area contributed by atoms with Gasteiger partial charge in [0.25, 0.3) is 5.91 Å². The number of nitrogens with one attached hydrogen (secondary N) is 1. The third kappa shape index (κ3) is 5.09. The molecule has 0 aromatic heterocycles. The molecule has 0 aliphatic rings. The first-order chi connectivity index (χ1) is 11.6. The minimum Gasteiger partial charge on any atom is -0.460 e. The molecule has 1 atom stereocenters. The van der Waals surface area contributed by atoms with Crippen molar-refractivity contribution in [2.75, 3.05) is 6.61 Å². The lowest BCUT2D eigenvalue weighted by Crippen LogP contribution is -2.35. The molecule has 0 heterocycles. The van der Waals surface area contributed by atoms with Crippen LogP contribution in [-0.4, -0.2) is 18.5 Å². The van der Waals surface area contributed by atoms with Crippen LogP contribution in [0.3, 0.4) is 0 Å². The minimum atomic E-state index is -0.843. The molecular weight excluding hydrogens is 302 g/mol. The van der Waals surface area contributed by atoms with Gasteiger partial charge in [-0.2, -0.15) is 0 Å². The van der Waals surface area contributed by atoms with Gasteiger partial charge in [-0.25, -0.2) is 4.79 Å². The Labute approximate surface area is 142 Å². The fourth-order valence-electron chi connectivity index (χ4n) is 2.10. The third-order valence-electron chi connectivity index (χ3n) is 3.40. The number of rotatable bonds is 6. The molecule has 2 aromatic rings.